The van der Waals surface area contributed by atoms with Gasteiger partial charge in [-0.15, -0.1) is 0 Å². The molecule has 1 fully saturated rings. The molecule has 0 radical (unpaired) electrons. The smallest absolute Gasteiger partial charge is 0.123 e. The van der Waals surface area contributed by atoms with Gasteiger partial charge in [-0.25, -0.2) is 4.39 Å². The molecule has 1 atom stereocenters. The van der Waals surface area contributed by atoms with E-state index in [0.29, 0.717) is 0 Å². The minimum Gasteiger partial charge on any atom is -0.323 e. The van der Waals surface area contributed by atoms with Crippen LogP contribution in [0.5, 0.6) is 0 Å². The molecule has 3 heteroatoms. The second kappa shape index (κ2) is 3.91. The number of rotatable bonds is 4. The minimum atomic E-state index is -0.204. The summed E-state index contributed by atoms with van der Waals surface area (Å²) in [6, 6.07) is 6.55. The number of benzene rings is 1. The van der Waals surface area contributed by atoms with E-state index in [0.717, 1.165) is 24.9 Å². The number of halogens is 1. The molecule has 2 rings (SSSR count). The van der Waals surface area contributed by atoms with Crippen LogP contribution in [-0.2, 0) is 0 Å². The molecule has 15 heavy (non-hydrogen) atoms. The minimum absolute atomic E-state index is 0.0190. The van der Waals surface area contributed by atoms with Crippen molar-refractivity contribution in [3.8, 4) is 0 Å². The molecule has 1 saturated carbocycles. The maximum atomic E-state index is 12.8. The number of nitrogens with one attached hydrogen (secondary N) is 1. The normalized spacial score (nSPS) is 19.9. The van der Waals surface area contributed by atoms with Gasteiger partial charge in [0.1, 0.15) is 5.82 Å². The lowest BCUT2D eigenvalue weighted by Gasteiger charge is -2.23. The molecule has 0 heterocycles. The first-order chi connectivity index (χ1) is 7.18. The van der Waals surface area contributed by atoms with E-state index in [1.54, 1.807) is 12.1 Å². The Bertz CT molecular complexity index is 330. The Balaban J connectivity index is 2.13. The monoisotopic (exact) mass is 208 g/mol. The highest BCUT2D eigenvalue weighted by atomic mass is 19.1. The van der Waals surface area contributed by atoms with Gasteiger partial charge in [-0.3, -0.25) is 0 Å². The van der Waals surface area contributed by atoms with Crippen LogP contribution in [-0.4, -0.2) is 13.6 Å². The lowest BCUT2D eigenvalue weighted by Crippen LogP contribution is -2.31. The molecule has 0 aromatic heterocycles. The Morgan fingerprint density at radius 2 is 2.00 bits per heavy atom. The molecule has 0 spiro atoms. The first kappa shape index (κ1) is 10.6. The summed E-state index contributed by atoms with van der Waals surface area (Å²) >= 11 is 0. The highest BCUT2D eigenvalue weighted by molar-refractivity contribution is 5.24. The van der Waals surface area contributed by atoms with Crippen LogP contribution in [0.1, 0.15) is 24.4 Å². The summed E-state index contributed by atoms with van der Waals surface area (Å²) < 4.78 is 12.8. The fourth-order valence-corrected chi connectivity index (χ4v) is 2.13. The van der Waals surface area contributed by atoms with Gasteiger partial charge < -0.3 is 11.1 Å². The third kappa shape index (κ3) is 2.03. The van der Waals surface area contributed by atoms with Crippen molar-refractivity contribution >= 4 is 0 Å². The van der Waals surface area contributed by atoms with Gasteiger partial charge in [0.2, 0.25) is 0 Å². The van der Waals surface area contributed by atoms with Crippen LogP contribution in [0.15, 0.2) is 24.3 Å². The Hall–Kier alpha value is -0.930. The molecule has 1 aliphatic carbocycles. The highest BCUT2D eigenvalue weighted by Gasteiger charge is 2.47. The molecule has 3 N–H and O–H groups in total. The third-order valence-corrected chi connectivity index (χ3v) is 3.31. The van der Waals surface area contributed by atoms with Crippen molar-refractivity contribution in [2.75, 3.05) is 13.6 Å². The van der Waals surface area contributed by atoms with E-state index >= 15 is 0 Å². The largest absolute Gasteiger partial charge is 0.323 e. The summed E-state index contributed by atoms with van der Waals surface area (Å²) in [5.41, 5.74) is 7.44. The van der Waals surface area contributed by atoms with E-state index in [4.69, 9.17) is 5.73 Å². The van der Waals surface area contributed by atoms with Crippen LogP contribution < -0.4 is 11.1 Å². The molecule has 0 amide bonds. The molecule has 2 nitrogen and oxygen atoms in total. The van der Waals surface area contributed by atoms with Crippen molar-refractivity contribution in [3.05, 3.63) is 35.6 Å². The summed E-state index contributed by atoms with van der Waals surface area (Å²) in [6.07, 6.45) is 2.32. The van der Waals surface area contributed by atoms with Crippen molar-refractivity contribution < 1.29 is 4.39 Å². The number of nitrogens with two attached hydrogens (primary N) is 1. The van der Waals surface area contributed by atoms with Crippen LogP contribution in [0.2, 0.25) is 0 Å². The lowest BCUT2D eigenvalue weighted by molar-refractivity contribution is 0.392. The summed E-state index contributed by atoms with van der Waals surface area (Å²) in [5, 5.41) is 3.18. The molecule has 1 aliphatic rings. The zero-order chi connectivity index (χ0) is 10.9. The number of hydrogen-bond acceptors (Lipinski definition) is 2. The van der Waals surface area contributed by atoms with Crippen molar-refractivity contribution in [2.45, 2.75) is 18.9 Å². The SMILES string of the molecule is CNCC1(C(N)c2ccc(F)cc2)CC1. The van der Waals surface area contributed by atoms with E-state index < -0.39 is 0 Å². The van der Waals surface area contributed by atoms with E-state index in [1.165, 1.54) is 12.1 Å². The second-order valence-corrected chi connectivity index (χ2v) is 4.42. The van der Waals surface area contributed by atoms with Gasteiger partial charge in [0.05, 0.1) is 0 Å². The van der Waals surface area contributed by atoms with Gasteiger partial charge in [0.15, 0.2) is 0 Å². The van der Waals surface area contributed by atoms with Gasteiger partial charge in [0.25, 0.3) is 0 Å². The summed E-state index contributed by atoms with van der Waals surface area (Å²) in [6.45, 7) is 0.936. The van der Waals surface area contributed by atoms with Crippen LogP contribution in [0.3, 0.4) is 0 Å². The third-order valence-electron chi connectivity index (χ3n) is 3.31. The quantitative estimate of drug-likeness (QED) is 0.792. The highest BCUT2D eigenvalue weighted by Crippen LogP contribution is 2.53. The van der Waals surface area contributed by atoms with Gasteiger partial charge in [-0.1, -0.05) is 12.1 Å². The van der Waals surface area contributed by atoms with E-state index in [-0.39, 0.29) is 17.3 Å². The second-order valence-electron chi connectivity index (χ2n) is 4.42. The zero-order valence-electron chi connectivity index (χ0n) is 8.96. The lowest BCUT2D eigenvalue weighted by atomic mass is 9.91. The van der Waals surface area contributed by atoms with Crippen molar-refractivity contribution in [3.63, 3.8) is 0 Å². The van der Waals surface area contributed by atoms with Crippen LogP contribution in [0.4, 0.5) is 4.39 Å². The molecule has 82 valence electrons. The average Bonchev–Trinajstić information content (AvgIpc) is 3.00. The maximum absolute atomic E-state index is 12.8. The van der Waals surface area contributed by atoms with E-state index in [2.05, 4.69) is 5.32 Å². The molecular formula is C12H17FN2. The van der Waals surface area contributed by atoms with Crippen molar-refractivity contribution in [2.24, 2.45) is 11.1 Å². The molecule has 0 saturated heterocycles. The van der Waals surface area contributed by atoms with Crippen LogP contribution >= 0.6 is 0 Å². The first-order valence-electron chi connectivity index (χ1n) is 5.34. The van der Waals surface area contributed by atoms with Gasteiger partial charge >= 0.3 is 0 Å². The average molecular weight is 208 g/mol. The molecule has 1 unspecified atom stereocenters. The van der Waals surface area contributed by atoms with Gasteiger partial charge in [-0.05, 0) is 37.6 Å². The first-order valence-corrected chi connectivity index (χ1v) is 5.34. The molecular weight excluding hydrogens is 191 g/mol. The Labute approximate surface area is 89.7 Å². The Morgan fingerprint density at radius 3 is 2.47 bits per heavy atom. The fourth-order valence-electron chi connectivity index (χ4n) is 2.13. The van der Waals surface area contributed by atoms with Crippen molar-refractivity contribution in [1.82, 2.24) is 5.32 Å². The van der Waals surface area contributed by atoms with Gasteiger partial charge in [0, 0.05) is 18.0 Å². The van der Waals surface area contributed by atoms with Crippen LogP contribution in [0, 0.1) is 11.2 Å². The molecule has 0 aliphatic heterocycles. The predicted octanol–water partition coefficient (Wildman–Crippen LogP) is 1.83. The Morgan fingerprint density at radius 1 is 1.40 bits per heavy atom. The van der Waals surface area contributed by atoms with Gasteiger partial charge in [-0.2, -0.15) is 0 Å². The molecule has 1 aromatic rings. The predicted molar refractivity (Wildman–Crippen MR) is 58.9 cm³/mol. The molecule has 1 aromatic carbocycles. The van der Waals surface area contributed by atoms with Crippen molar-refractivity contribution in [1.29, 1.82) is 0 Å². The number of hydrogen-bond donors (Lipinski definition) is 2. The van der Waals surface area contributed by atoms with E-state index in [9.17, 15) is 4.39 Å². The van der Waals surface area contributed by atoms with Crippen LogP contribution in [0.25, 0.3) is 0 Å². The summed E-state index contributed by atoms with van der Waals surface area (Å²) in [5.74, 6) is -0.204. The standard InChI is InChI=1S/C12H17FN2/c1-15-8-12(6-7-12)11(14)9-2-4-10(13)5-3-9/h2-5,11,15H,6-8,14H2,1H3. The Kier molecular flexibility index (Phi) is 2.76. The van der Waals surface area contributed by atoms with E-state index in [1.807, 2.05) is 7.05 Å². The fraction of sp³-hybridized carbons (Fsp3) is 0.500. The summed E-state index contributed by atoms with van der Waals surface area (Å²) in [4.78, 5) is 0. The zero-order valence-corrected chi connectivity index (χ0v) is 8.96. The maximum Gasteiger partial charge on any atom is 0.123 e. The summed E-state index contributed by atoms with van der Waals surface area (Å²) in [7, 11) is 1.94. The molecule has 0 bridgehead atoms. The topological polar surface area (TPSA) is 38.0 Å².